The fourth-order valence-electron chi connectivity index (χ4n) is 4.27. The molecule has 0 saturated carbocycles. The molecule has 4 rings (SSSR count). The predicted octanol–water partition coefficient (Wildman–Crippen LogP) is 4.25. The Morgan fingerprint density at radius 3 is 2.57 bits per heavy atom. The van der Waals surface area contributed by atoms with Gasteiger partial charge in [0.05, 0.1) is 17.8 Å². The minimum absolute atomic E-state index is 0. The van der Waals surface area contributed by atoms with Gasteiger partial charge in [-0.25, -0.2) is 8.78 Å². The molecule has 3 aromatic rings. The number of amides is 1. The molecule has 1 heterocycles. The number of carbonyl (C=O) groups excluding carboxylic acids is 1. The van der Waals surface area contributed by atoms with E-state index in [1.165, 1.54) is 17.7 Å². The van der Waals surface area contributed by atoms with Crippen molar-refractivity contribution < 1.29 is 23.4 Å². The maximum atomic E-state index is 13.8. The minimum Gasteiger partial charge on any atom is -0.490 e. The molecule has 0 fully saturated rings. The van der Waals surface area contributed by atoms with Crippen LogP contribution in [0.3, 0.4) is 0 Å². The lowest BCUT2D eigenvalue weighted by molar-refractivity contribution is 0.0830. The van der Waals surface area contributed by atoms with Gasteiger partial charge in [0.15, 0.2) is 0 Å². The number of hydrogen-bond donors (Lipinski definition) is 4. The van der Waals surface area contributed by atoms with Crippen molar-refractivity contribution in [1.29, 1.82) is 0 Å². The van der Waals surface area contributed by atoms with Crippen LogP contribution >= 0.6 is 12.4 Å². The first-order valence-corrected chi connectivity index (χ1v) is 12.1. The average Bonchev–Trinajstić information content (AvgIpc) is 2.87. The fourth-order valence-corrected chi connectivity index (χ4v) is 4.27. The van der Waals surface area contributed by atoms with Gasteiger partial charge in [-0.05, 0) is 59.9 Å². The second kappa shape index (κ2) is 13.4. The molecule has 0 aliphatic carbocycles. The van der Waals surface area contributed by atoms with E-state index in [0.29, 0.717) is 42.3 Å². The lowest BCUT2D eigenvalue weighted by Crippen LogP contribution is -2.48. The topological polar surface area (TPSA) is 82.6 Å². The summed E-state index contributed by atoms with van der Waals surface area (Å²) in [6.07, 6.45) is -0.0197. The Bertz CT molecular complexity index is 1190. The first kappa shape index (κ1) is 28.4. The second-order valence-corrected chi connectivity index (χ2v) is 8.92. The summed E-state index contributed by atoms with van der Waals surface area (Å²) < 4.78 is 33.2. The van der Waals surface area contributed by atoms with Crippen molar-refractivity contribution in [3.63, 3.8) is 0 Å². The molecular formula is C28H32ClF2N3O3. The third-order valence-corrected chi connectivity index (χ3v) is 6.16. The van der Waals surface area contributed by atoms with Crippen LogP contribution in [0.1, 0.15) is 34.0 Å². The van der Waals surface area contributed by atoms with E-state index in [0.717, 1.165) is 18.1 Å². The number of aryl methyl sites for hydroxylation is 1. The number of aliphatic hydroxyl groups is 1. The molecule has 0 spiro atoms. The fraction of sp³-hybridized carbons (Fsp3) is 0.321. The number of ether oxygens (including phenoxy) is 1. The number of aliphatic hydroxyl groups excluding tert-OH is 1. The zero-order chi connectivity index (χ0) is 25.5. The largest absolute Gasteiger partial charge is 0.490 e. The molecule has 0 bridgehead atoms. The van der Waals surface area contributed by atoms with Gasteiger partial charge in [0.2, 0.25) is 0 Å². The van der Waals surface area contributed by atoms with Crippen LogP contribution in [0.5, 0.6) is 5.75 Å². The Hall–Kier alpha value is -3.20. The third kappa shape index (κ3) is 7.89. The van der Waals surface area contributed by atoms with Crippen LogP contribution in [-0.4, -0.2) is 42.9 Å². The lowest BCUT2D eigenvalue weighted by atomic mass is 9.99. The number of fused-ring (bicyclic) bond motifs is 1. The zero-order valence-corrected chi connectivity index (χ0v) is 21.4. The summed E-state index contributed by atoms with van der Waals surface area (Å²) in [4.78, 5) is 13.1. The Morgan fingerprint density at radius 2 is 1.81 bits per heavy atom. The summed E-state index contributed by atoms with van der Waals surface area (Å²) in [5, 5.41) is 20.2. The number of nitrogens with one attached hydrogen (secondary N) is 3. The molecule has 3 aromatic carbocycles. The first-order valence-electron chi connectivity index (χ1n) is 12.1. The average molecular weight is 532 g/mol. The van der Waals surface area contributed by atoms with Gasteiger partial charge < -0.3 is 25.8 Å². The molecule has 9 heteroatoms. The van der Waals surface area contributed by atoms with E-state index in [2.05, 4.69) is 35.0 Å². The van der Waals surface area contributed by atoms with Crippen LogP contribution in [0.15, 0.2) is 60.7 Å². The predicted molar refractivity (Wildman–Crippen MR) is 143 cm³/mol. The highest BCUT2D eigenvalue weighted by Crippen LogP contribution is 2.28. The van der Waals surface area contributed by atoms with Crippen molar-refractivity contribution in [2.24, 2.45) is 0 Å². The second-order valence-electron chi connectivity index (χ2n) is 8.92. The molecule has 198 valence electrons. The highest BCUT2D eigenvalue weighted by Gasteiger charge is 2.24. The summed E-state index contributed by atoms with van der Waals surface area (Å²) in [7, 11) is 0. The monoisotopic (exact) mass is 531 g/mol. The van der Waals surface area contributed by atoms with Gasteiger partial charge in [-0.1, -0.05) is 31.2 Å². The highest BCUT2D eigenvalue weighted by atomic mass is 35.5. The molecule has 0 radical (unpaired) electrons. The molecule has 1 aliphatic rings. The van der Waals surface area contributed by atoms with Crippen molar-refractivity contribution in [1.82, 2.24) is 10.6 Å². The highest BCUT2D eigenvalue weighted by molar-refractivity contribution is 5.96. The Balaban J connectivity index is 0.00000380. The van der Waals surface area contributed by atoms with E-state index in [-0.39, 0.29) is 25.4 Å². The van der Waals surface area contributed by atoms with Gasteiger partial charge in [-0.15, -0.1) is 12.4 Å². The minimum atomic E-state index is -1.01. The van der Waals surface area contributed by atoms with Crippen molar-refractivity contribution in [3.05, 3.63) is 94.6 Å². The van der Waals surface area contributed by atoms with Gasteiger partial charge in [0.25, 0.3) is 5.91 Å². The van der Waals surface area contributed by atoms with Crippen LogP contribution < -0.4 is 20.7 Å². The number of halogens is 3. The molecule has 37 heavy (non-hydrogen) atoms. The molecule has 0 unspecified atom stereocenters. The van der Waals surface area contributed by atoms with Gasteiger partial charge in [-0.3, -0.25) is 4.79 Å². The van der Waals surface area contributed by atoms with E-state index in [1.807, 2.05) is 12.1 Å². The number of anilines is 1. The summed E-state index contributed by atoms with van der Waals surface area (Å²) in [5.41, 5.74) is 3.75. The summed E-state index contributed by atoms with van der Waals surface area (Å²) in [6.45, 7) is 3.99. The zero-order valence-electron chi connectivity index (χ0n) is 20.6. The molecular weight excluding hydrogens is 500 g/mol. The van der Waals surface area contributed by atoms with E-state index < -0.39 is 29.7 Å². The maximum Gasteiger partial charge on any atom is 0.251 e. The van der Waals surface area contributed by atoms with Crippen molar-refractivity contribution in [2.45, 2.75) is 38.5 Å². The number of carbonyl (C=O) groups is 1. The standard InChI is InChI=1S/C28H31F2N3O3.ClH/c1-2-18-4-3-5-19(10-18)16-31-17-26(34)24(13-20-11-22(29)15-23(30)12-20)33-28(35)21-6-7-27-25(14-21)32-8-9-36-27;/h3-7,10-12,14-15,24,26,31-32,34H,2,8-9,13,16-17H2,1H3,(H,33,35);1H/t24-,26-;/m0./s1. The Morgan fingerprint density at radius 1 is 1.05 bits per heavy atom. The van der Waals surface area contributed by atoms with Gasteiger partial charge in [0, 0.05) is 31.3 Å². The van der Waals surface area contributed by atoms with E-state index >= 15 is 0 Å². The normalized spacial score (nSPS) is 13.8. The van der Waals surface area contributed by atoms with Gasteiger partial charge >= 0.3 is 0 Å². The molecule has 4 N–H and O–H groups in total. The van der Waals surface area contributed by atoms with E-state index in [1.54, 1.807) is 18.2 Å². The van der Waals surface area contributed by atoms with Crippen LogP contribution in [0, 0.1) is 11.6 Å². The quantitative estimate of drug-likeness (QED) is 0.314. The molecule has 2 atom stereocenters. The van der Waals surface area contributed by atoms with Crippen molar-refractivity contribution in [2.75, 3.05) is 25.0 Å². The molecule has 0 saturated heterocycles. The number of rotatable bonds is 10. The lowest BCUT2D eigenvalue weighted by Gasteiger charge is -2.25. The van der Waals surface area contributed by atoms with Gasteiger partial charge in [0.1, 0.15) is 24.0 Å². The smallest absolute Gasteiger partial charge is 0.251 e. The third-order valence-electron chi connectivity index (χ3n) is 6.16. The molecule has 0 aromatic heterocycles. The first-order chi connectivity index (χ1) is 17.4. The number of hydrogen-bond acceptors (Lipinski definition) is 5. The Labute approximate surface area is 221 Å². The van der Waals surface area contributed by atoms with E-state index in [4.69, 9.17) is 4.74 Å². The van der Waals surface area contributed by atoms with Crippen LogP contribution in [-0.2, 0) is 19.4 Å². The molecule has 6 nitrogen and oxygen atoms in total. The van der Waals surface area contributed by atoms with E-state index in [9.17, 15) is 18.7 Å². The molecule has 1 amide bonds. The summed E-state index contributed by atoms with van der Waals surface area (Å²) >= 11 is 0. The molecule has 1 aliphatic heterocycles. The SMILES string of the molecule is CCc1cccc(CNC[C@H](O)[C@H](Cc2cc(F)cc(F)c2)NC(=O)c2ccc3c(c2)NCCO3)c1.Cl. The van der Waals surface area contributed by atoms with Crippen LogP contribution in [0.2, 0.25) is 0 Å². The number of benzene rings is 3. The van der Waals surface area contributed by atoms with Crippen molar-refractivity contribution in [3.8, 4) is 5.75 Å². The van der Waals surface area contributed by atoms with Crippen LogP contribution in [0.25, 0.3) is 0 Å². The van der Waals surface area contributed by atoms with Crippen LogP contribution in [0.4, 0.5) is 14.5 Å². The Kier molecular flexibility index (Phi) is 10.3. The van der Waals surface area contributed by atoms with Crippen molar-refractivity contribution >= 4 is 24.0 Å². The van der Waals surface area contributed by atoms with Gasteiger partial charge in [-0.2, -0.15) is 0 Å². The maximum absolute atomic E-state index is 13.8. The summed E-state index contributed by atoms with van der Waals surface area (Å²) in [5.74, 6) is -1.15. The summed E-state index contributed by atoms with van der Waals surface area (Å²) in [6, 6.07) is 15.6.